The number of carbonyl (C=O) groups excluding carboxylic acids is 1. The minimum absolute atomic E-state index is 0.0322. The molecule has 3 heterocycles. The number of piperazine rings is 1. The van der Waals surface area contributed by atoms with E-state index < -0.39 is 0 Å². The monoisotopic (exact) mass is 446 g/mol. The Morgan fingerprint density at radius 1 is 1.13 bits per heavy atom. The van der Waals surface area contributed by atoms with E-state index in [0.717, 1.165) is 42.4 Å². The van der Waals surface area contributed by atoms with E-state index in [1.165, 1.54) is 6.07 Å². The lowest BCUT2D eigenvalue weighted by Crippen LogP contribution is -2.57. The normalized spacial score (nSPS) is 22.3. The molecule has 156 valence electrons. The van der Waals surface area contributed by atoms with Gasteiger partial charge in [-0.2, -0.15) is 5.10 Å². The molecule has 5 rings (SSSR count). The van der Waals surface area contributed by atoms with E-state index in [9.17, 15) is 9.18 Å². The Kier molecular flexibility index (Phi) is 5.17. The molecule has 1 amide bonds. The van der Waals surface area contributed by atoms with Crippen molar-refractivity contribution >= 4 is 40.0 Å². The summed E-state index contributed by atoms with van der Waals surface area (Å²) in [7, 11) is 0. The van der Waals surface area contributed by atoms with Crippen LogP contribution in [0.4, 0.5) is 4.39 Å². The molecule has 2 saturated heterocycles. The largest absolute Gasteiger partial charge is 0.336 e. The molecule has 5 nitrogen and oxygen atoms in total. The fraction of sp³-hybridized carbons (Fsp3) is 0.364. The number of carbonyl (C=O) groups is 1. The first-order valence-electron chi connectivity index (χ1n) is 10.1. The van der Waals surface area contributed by atoms with Crippen LogP contribution >= 0.6 is 23.2 Å². The van der Waals surface area contributed by atoms with Crippen molar-refractivity contribution in [2.75, 3.05) is 26.2 Å². The number of aromatic nitrogens is 2. The standard InChI is InChI=1S/C22H21Cl2FN4O/c23-18-9-13(2-5-19(18)25)14-1-3-15-12-29(8-7-28(15)11-14)22(30)16-4-6-20-17(21(16)24)10-26-27-20/h2,4-6,9-10,14-15H,1,3,7-8,11-12H2,(H,26,27). The topological polar surface area (TPSA) is 52.2 Å². The first kappa shape index (κ1) is 19.8. The van der Waals surface area contributed by atoms with E-state index in [2.05, 4.69) is 15.1 Å². The number of hydrogen-bond donors (Lipinski definition) is 1. The van der Waals surface area contributed by atoms with Gasteiger partial charge in [0.05, 0.1) is 27.3 Å². The summed E-state index contributed by atoms with van der Waals surface area (Å²) in [5.41, 5.74) is 2.42. The third kappa shape index (κ3) is 3.47. The fourth-order valence-corrected chi connectivity index (χ4v) is 5.20. The molecule has 0 aliphatic carbocycles. The molecule has 30 heavy (non-hydrogen) atoms. The van der Waals surface area contributed by atoms with Gasteiger partial charge in [-0.25, -0.2) is 4.39 Å². The zero-order valence-corrected chi connectivity index (χ0v) is 17.8. The van der Waals surface area contributed by atoms with Gasteiger partial charge in [0, 0.05) is 37.6 Å². The number of hydrogen-bond acceptors (Lipinski definition) is 3. The predicted octanol–water partition coefficient (Wildman–Crippen LogP) is 4.71. The van der Waals surface area contributed by atoms with Crippen LogP contribution in [0.25, 0.3) is 10.9 Å². The third-order valence-electron chi connectivity index (χ3n) is 6.40. The number of halogens is 3. The average Bonchev–Trinajstić information content (AvgIpc) is 3.24. The van der Waals surface area contributed by atoms with Gasteiger partial charge in [0.1, 0.15) is 5.82 Å². The summed E-state index contributed by atoms with van der Waals surface area (Å²) in [5, 5.41) is 8.26. The van der Waals surface area contributed by atoms with Crippen molar-refractivity contribution in [1.29, 1.82) is 0 Å². The summed E-state index contributed by atoms with van der Waals surface area (Å²) in [4.78, 5) is 17.5. The first-order chi connectivity index (χ1) is 14.5. The van der Waals surface area contributed by atoms with Gasteiger partial charge < -0.3 is 4.90 Å². The smallest absolute Gasteiger partial charge is 0.255 e. The molecule has 2 aliphatic heterocycles. The number of benzene rings is 2. The van der Waals surface area contributed by atoms with Gasteiger partial charge >= 0.3 is 0 Å². The minimum Gasteiger partial charge on any atom is -0.336 e. The van der Waals surface area contributed by atoms with Crippen LogP contribution in [-0.2, 0) is 0 Å². The number of fused-ring (bicyclic) bond motifs is 2. The van der Waals surface area contributed by atoms with Crippen LogP contribution in [0.3, 0.4) is 0 Å². The highest BCUT2D eigenvalue weighted by Crippen LogP contribution is 2.34. The summed E-state index contributed by atoms with van der Waals surface area (Å²) >= 11 is 12.5. The number of aromatic amines is 1. The van der Waals surface area contributed by atoms with Crippen LogP contribution in [0.2, 0.25) is 10.0 Å². The molecule has 2 aliphatic rings. The van der Waals surface area contributed by atoms with E-state index in [1.54, 1.807) is 18.3 Å². The van der Waals surface area contributed by atoms with Gasteiger partial charge in [-0.05, 0) is 48.6 Å². The minimum atomic E-state index is -0.381. The molecule has 3 aromatic rings. The van der Waals surface area contributed by atoms with Gasteiger partial charge in [0.25, 0.3) is 5.91 Å². The zero-order valence-electron chi connectivity index (χ0n) is 16.2. The third-order valence-corrected chi connectivity index (χ3v) is 7.10. The van der Waals surface area contributed by atoms with Crippen LogP contribution in [0, 0.1) is 5.82 Å². The van der Waals surface area contributed by atoms with Gasteiger partial charge in [-0.3, -0.25) is 14.8 Å². The SMILES string of the molecule is O=C(c1ccc2[nH]ncc2c1Cl)N1CCN2CC(c3ccc(F)c(Cl)c3)CCC2C1. The van der Waals surface area contributed by atoms with Gasteiger partial charge in [0.15, 0.2) is 0 Å². The molecular formula is C22H21Cl2FN4O. The van der Waals surface area contributed by atoms with Crippen LogP contribution in [0.15, 0.2) is 36.5 Å². The maximum absolute atomic E-state index is 13.5. The first-order valence-corrected chi connectivity index (χ1v) is 10.9. The molecule has 0 radical (unpaired) electrons. The molecule has 2 atom stereocenters. The molecule has 8 heteroatoms. The lowest BCUT2D eigenvalue weighted by Gasteiger charge is -2.46. The van der Waals surface area contributed by atoms with E-state index in [1.807, 2.05) is 17.0 Å². The van der Waals surface area contributed by atoms with Gasteiger partial charge in [-0.1, -0.05) is 29.3 Å². The van der Waals surface area contributed by atoms with Gasteiger partial charge in [0.2, 0.25) is 0 Å². The predicted molar refractivity (Wildman–Crippen MR) is 116 cm³/mol. The highest BCUT2D eigenvalue weighted by atomic mass is 35.5. The van der Waals surface area contributed by atoms with Crippen LogP contribution in [0.1, 0.15) is 34.7 Å². The summed E-state index contributed by atoms with van der Waals surface area (Å²) in [5.74, 6) is -0.0803. The quantitative estimate of drug-likeness (QED) is 0.619. The Bertz CT molecular complexity index is 1120. The maximum Gasteiger partial charge on any atom is 0.255 e. The van der Waals surface area contributed by atoms with Crippen molar-refractivity contribution in [2.24, 2.45) is 0 Å². The number of nitrogens with zero attached hydrogens (tertiary/aromatic N) is 3. The van der Waals surface area contributed by atoms with E-state index >= 15 is 0 Å². The van der Waals surface area contributed by atoms with Crippen molar-refractivity contribution in [3.8, 4) is 0 Å². The Labute approximate surface area is 183 Å². The van der Waals surface area contributed by atoms with Crippen molar-refractivity contribution in [3.05, 3.63) is 63.5 Å². The Morgan fingerprint density at radius 2 is 2.00 bits per heavy atom. The molecule has 0 spiro atoms. The van der Waals surface area contributed by atoms with E-state index in [0.29, 0.717) is 35.6 Å². The van der Waals surface area contributed by atoms with Crippen LogP contribution in [-0.4, -0.2) is 58.1 Å². The maximum atomic E-state index is 13.5. The summed E-state index contributed by atoms with van der Waals surface area (Å²) in [6.45, 7) is 3.06. The lowest BCUT2D eigenvalue weighted by atomic mass is 9.86. The number of amides is 1. The molecule has 2 fully saturated rings. The van der Waals surface area contributed by atoms with Gasteiger partial charge in [-0.15, -0.1) is 0 Å². The second-order valence-corrected chi connectivity index (χ2v) is 8.89. The number of rotatable bonds is 2. The van der Waals surface area contributed by atoms with Crippen LogP contribution in [0.5, 0.6) is 0 Å². The molecule has 1 aromatic heterocycles. The number of H-pyrrole nitrogens is 1. The molecule has 2 aromatic carbocycles. The van der Waals surface area contributed by atoms with E-state index in [-0.39, 0.29) is 16.7 Å². The summed E-state index contributed by atoms with van der Waals surface area (Å²) < 4.78 is 13.5. The van der Waals surface area contributed by atoms with Crippen LogP contribution < -0.4 is 0 Å². The zero-order chi connectivity index (χ0) is 20.8. The Balaban J connectivity index is 1.28. The van der Waals surface area contributed by atoms with Crippen molar-refractivity contribution in [2.45, 2.75) is 24.8 Å². The highest BCUT2D eigenvalue weighted by Gasteiger charge is 2.35. The fourth-order valence-electron chi connectivity index (χ4n) is 4.72. The molecule has 0 saturated carbocycles. The molecule has 1 N–H and O–H groups in total. The second-order valence-electron chi connectivity index (χ2n) is 8.11. The number of nitrogens with one attached hydrogen (secondary N) is 1. The second kappa shape index (κ2) is 7.84. The molecular weight excluding hydrogens is 426 g/mol. The Hall–Kier alpha value is -2.15. The average molecular weight is 447 g/mol. The molecule has 0 bridgehead atoms. The van der Waals surface area contributed by atoms with Crippen molar-refractivity contribution in [3.63, 3.8) is 0 Å². The van der Waals surface area contributed by atoms with Crippen molar-refractivity contribution < 1.29 is 9.18 Å². The van der Waals surface area contributed by atoms with Crippen molar-refractivity contribution in [1.82, 2.24) is 20.0 Å². The Morgan fingerprint density at radius 3 is 2.83 bits per heavy atom. The van der Waals surface area contributed by atoms with E-state index in [4.69, 9.17) is 23.2 Å². The highest BCUT2D eigenvalue weighted by molar-refractivity contribution is 6.38. The summed E-state index contributed by atoms with van der Waals surface area (Å²) in [6.07, 6.45) is 3.63. The molecule has 2 unspecified atom stereocenters. The summed E-state index contributed by atoms with van der Waals surface area (Å²) in [6, 6.07) is 8.96. The number of piperidine rings is 1. The lowest BCUT2D eigenvalue weighted by molar-refractivity contribution is 0.0329.